The standard InChI is InChI=1S/C11H17N.CO2/c1-3-8-12-9(2)4-7-11(12)10-5-6-10;2-1-3/h4,7,10H,3,5-6,8H2,1-2H3;. The zero-order valence-electron chi connectivity index (χ0n) is 9.32. The molecule has 3 heteroatoms. The van der Waals surface area contributed by atoms with E-state index >= 15 is 0 Å². The largest absolute Gasteiger partial charge is 0.373 e. The monoisotopic (exact) mass is 207 g/mol. The van der Waals surface area contributed by atoms with E-state index in [1.807, 2.05) is 0 Å². The van der Waals surface area contributed by atoms with Crippen molar-refractivity contribution in [1.82, 2.24) is 4.57 Å². The molecular formula is C12H17NO2. The lowest BCUT2D eigenvalue weighted by molar-refractivity contribution is -0.191. The molecule has 3 nitrogen and oxygen atoms in total. The Kier molecular flexibility index (Phi) is 4.32. The Hall–Kier alpha value is -1.34. The van der Waals surface area contributed by atoms with Crippen LogP contribution < -0.4 is 0 Å². The van der Waals surface area contributed by atoms with Gasteiger partial charge in [-0.3, -0.25) is 0 Å². The van der Waals surface area contributed by atoms with Crippen molar-refractivity contribution in [2.45, 2.75) is 45.6 Å². The first-order valence-electron chi connectivity index (χ1n) is 5.39. The predicted molar refractivity (Wildman–Crippen MR) is 56.4 cm³/mol. The number of aryl methyl sites for hydroxylation is 1. The quantitative estimate of drug-likeness (QED) is 0.763. The molecule has 15 heavy (non-hydrogen) atoms. The second-order valence-electron chi connectivity index (χ2n) is 3.91. The Morgan fingerprint density at radius 1 is 1.40 bits per heavy atom. The van der Waals surface area contributed by atoms with Crippen LogP contribution in [0.2, 0.25) is 0 Å². The number of aromatic nitrogens is 1. The summed E-state index contributed by atoms with van der Waals surface area (Å²) in [6.45, 7) is 5.66. The van der Waals surface area contributed by atoms with Gasteiger partial charge in [0.15, 0.2) is 0 Å². The minimum absolute atomic E-state index is 0.250. The first kappa shape index (κ1) is 11.7. The molecule has 0 radical (unpaired) electrons. The Morgan fingerprint density at radius 2 is 2.00 bits per heavy atom. The van der Waals surface area contributed by atoms with Crippen LogP contribution in [0, 0.1) is 6.92 Å². The van der Waals surface area contributed by atoms with Crippen molar-refractivity contribution in [3.63, 3.8) is 0 Å². The summed E-state index contributed by atoms with van der Waals surface area (Å²) >= 11 is 0. The molecule has 1 heterocycles. The average Bonchev–Trinajstić information content (AvgIpc) is 2.97. The fourth-order valence-corrected chi connectivity index (χ4v) is 1.85. The van der Waals surface area contributed by atoms with E-state index in [-0.39, 0.29) is 6.15 Å². The molecule has 0 unspecified atom stereocenters. The maximum atomic E-state index is 8.12. The molecule has 0 bridgehead atoms. The van der Waals surface area contributed by atoms with Gasteiger partial charge in [0.25, 0.3) is 0 Å². The predicted octanol–water partition coefficient (Wildman–Crippen LogP) is 2.50. The van der Waals surface area contributed by atoms with Gasteiger partial charge in [-0.2, -0.15) is 9.59 Å². The van der Waals surface area contributed by atoms with E-state index < -0.39 is 0 Å². The summed E-state index contributed by atoms with van der Waals surface area (Å²) in [6.07, 6.45) is 4.32. The molecule has 0 spiro atoms. The molecule has 0 aliphatic heterocycles. The van der Waals surface area contributed by atoms with Crippen LogP contribution in [-0.4, -0.2) is 10.7 Å². The van der Waals surface area contributed by atoms with Crippen LogP contribution in [0.15, 0.2) is 12.1 Å². The number of hydrogen-bond donors (Lipinski definition) is 0. The minimum atomic E-state index is 0.250. The Morgan fingerprint density at radius 3 is 2.47 bits per heavy atom. The molecule has 1 fully saturated rings. The third-order valence-electron chi connectivity index (χ3n) is 2.68. The Labute approximate surface area is 90.1 Å². The fourth-order valence-electron chi connectivity index (χ4n) is 1.85. The van der Waals surface area contributed by atoms with E-state index in [9.17, 15) is 0 Å². The molecule has 1 aliphatic rings. The van der Waals surface area contributed by atoms with Gasteiger partial charge in [0, 0.05) is 17.9 Å². The molecular weight excluding hydrogens is 190 g/mol. The lowest BCUT2D eigenvalue weighted by Crippen LogP contribution is -2.02. The molecule has 2 rings (SSSR count). The molecule has 0 saturated heterocycles. The zero-order valence-corrected chi connectivity index (χ0v) is 9.32. The van der Waals surface area contributed by atoms with Crippen molar-refractivity contribution in [2.75, 3.05) is 0 Å². The van der Waals surface area contributed by atoms with Crippen molar-refractivity contribution in [3.05, 3.63) is 23.5 Å². The van der Waals surface area contributed by atoms with Crippen molar-refractivity contribution in [3.8, 4) is 0 Å². The molecule has 82 valence electrons. The van der Waals surface area contributed by atoms with Crippen LogP contribution in [0.4, 0.5) is 0 Å². The lowest BCUT2D eigenvalue weighted by atomic mass is 10.3. The van der Waals surface area contributed by atoms with Gasteiger partial charge < -0.3 is 4.57 Å². The molecule has 0 aromatic carbocycles. The van der Waals surface area contributed by atoms with E-state index in [0.29, 0.717) is 0 Å². The van der Waals surface area contributed by atoms with Gasteiger partial charge in [-0.15, -0.1) is 0 Å². The summed E-state index contributed by atoms with van der Waals surface area (Å²) in [7, 11) is 0. The SMILES string of the molecule is CCCn1c(C)ccc1C1CC1.O=C=O. The maximum absolute atomic E-state index is 8.12. The average molecular weight is 207 g/mol. The summed E-state index contributed by atoms with van der Waals surface area (Å²) in [6, 6.07) is 4.56. The normalized spacial score (nSPS) is 14.0. The van der Waals surface area contributed by atoms with Crippen LogP contribution in [0.1, 0.15) is 43.5 Å². The van der Waals surface area contributed by atoms with E-state index in [4.69, 9.17) is 9.59 Å². The van der Waals surface area contributed by atoms with E-state index in [2.05, 4.69) is 30.5 Å². The summed E-state index contributed by atoms with van der Waals surface area (Å²) in [5, 5.41) is 0. The van der Waals surface area contributed by atoms with Crippen molar-refractivity contribution in [2.24, 2.45) is 0 Å². The summed E-state index contributed by atoms with van der Waals surface area (Å²) < 4.78 is 2.48. The third-order valence-corrected chi connectivity index (χ3v) is 2.68. The minimum Gasteiger partial charge on any atom is -0.349 e. The number of rotatable bonds is 3. The number of hydrogen-bond acceptors (Lipinski definition) is 2. The first-order valence-corrected chi connectivity index (χ1v) is 5.39. The molecule has 1 aromatic heterocycles. The highest BCUT2D eigenvalue weighted by molar-refractivity contribution is 5.22. The summed E-state index contributed by atoms with van der Waals surface area (Å²) in [5.74, 6) is 0.894. The van der Waals surface area contributed by atoms with Gasteiger partial charge in [0.2, 0.25) is 0 Å². The first-order chi connectivity index (χ1) is 7.24. The Balaban J connectivity index is 0.000000337. The lowest BCUT2D eigenvalue weighted by Gasteiger charge is -2.08. The van der Waals surface area contributed by atoms with Crippen LogP contribution in [0.3, 0.4) is 0 Å². The molecule has 1 aromatic rings. The maximum Gasteiger partial charge on any atom is 0.373 e. The molecule has 0 N–H and O–H groups in total. The van der Waals surface area contributed by atoms with Crippen LogP contribution in [0.5, 0.6) is 0 Å². The van der Waals surface area contributed by atoms with E-state index in [1.54, 1.807) is 5.69 Å². The van der Waals surface area contributed by atoms with Gasteiger partial charge in [-0.25, -0.2) is 0 Å². The number of carbonyl (C=O) groups excluding carboxylic acids is 2. The van der Waals surface area contributed by atoms with Crippen LogP contribution in [0.25, 0.3) is 0 Å². The summed E-state index contributed by atoms with van der Waals surface area (Å²) in [4.78, 5) is 16.2. The van der Waals surface area contributed by atoms with Gasteiger partial charge in [-0.05, 0) is 44.2 Å². The van der Waals surface area contributed by atoms with E-state index in [1.165, 1.54) is 31.5 Å². The van der Waals surface area contributed by atoms with E-state index in [0.717, 1.165) is 5.92 Å². The van der Waals surface area contributed by atoms with Crippen LogP contribution in [-0.2, 0) is 16.1 Å². The van der Waals surface area contributed by atoms with Gasteiger partial charge in [-0.1, -0.05) is 6.92 Å². The molecule has 1 aliphatic carbocycles. The van der Waals surface area contributed by atoms with Gasteiger partial charge >= 0.3 is 6.15 Å². The third kappa shape index (κ3) is 3.07. The van der Waals surface area contributed by atoms with Crippen molar-refractivity contribution in [1.29, 1.82) is 0 Å². The zero-order chi connectivity index (χ0) is 11.3. The van der Waals surface area contributed by atoms with Crippen molar-refractivity contribution < 1.29 is 9.59 Å². The Bertz CT molecular complexity index is 345. The fraction of sp³-hybridized carbons (Fsp3) is 0.583. The molecule has 1 saturated carbocycles. The smallest absolute Gasteiger partial charge is 0.349 e. The number of nitrogens with zero attached hydrogens (tertiary/aromatic N) is 1. The highest BCUT2D eigenvalue weighted by Crippen LogP contribution is 2.40. The van der Waals surface area contributed by atoms with Crippen molar-refractivity contribution >= 4 is 6.15 Å². The highest BCUT2D eigenvalue weighted by atomic mass is 16.2. The molecule has 0 amide bonds. The van der Waals surface area contributed by atoms with Gasteiger partial charge in [0.1, 0.15) is 0 Å². The summed E-state index contributed by atoms with van der Waals surface area (Å²) in [5.41, 5.74) is 3.01. The topological polar surface area (TPSA) is 39.1 Å². The molecule has 0 atom stereocenters. The van der Waals surface area contributed by atoms with Gasteiger partial charge in [0.05, 0.1) is 0 Å². The van der Waals surface area contributed by atoms with Crippen LogP contribution >= 0.6 is 0 Å². The highest BCUT2D eigenvalue weighted by Gasteiger charge is 2.26. The second-order valence-corrected chi connectivity index (χ2v) is 3.91. The second kappa shape index (κ2) is 5.52.